The molecule has 6 rings (SSSR count). The Labute approximate surface area is 154 Å². The molecule has 2 N–H and O–H groups in total. The standard InChI is InChI=1S/C21H28N2O3/c24-17(22-10-9-13-3-1-2-4-16(13)11-22)12-23-20(25)18-14-5-6-15(8-7-14)19(18)21(23)26/h5-6,13-16,25-26H,1-4,7-12H2. The first-order valence-corrected chi connectivity index (χ1v) is 10.2. The van der Waals surface area contributed by atoms with Crippen molar-refractivity contribution < 1.29 is 15.0 Å². The molecule has 4 aliphatic carbocycles. The van der Waals surface area contributed by atoms with Crippen molar-refractivity contribution in [1.82, 2.24) is 9.47 Å². The lowest BCUT2D eigenvalue weighted by atomic mass is 9.73. The smallest absolute Gasteiger partial charge is 0.242 e. The third kappa shape index (κ3) is 2.39. The van der Waals surface area contributed by atoms with E-state index in [0.717, 1.165) is 49.4 Å². The number of hydrogen-bond donors (Lipinski definition) is 2. The Morgan fingerprint density at radius 2 is 1.54 bits per heavy atom. The molecule has 1 aliphatic heterocycles. The lowest BCUT2D eigenvalue weighted by Gasteiger charge is -2.41. The molecule has 4 unspecified atom stereocenters. The highest BCUT2D eigenvalue weighted by Crippen LogP contribution is 2.53. The first-order valence-electron chi connectivity index (χ1n) is 10.2. The van der Waals surface area contributed by atoms with Crippen LogP contribution in [0.3, 0.4) is 0 Å². The zero-order valence-electron chi connectivity index (χ0n) is 15.2. The molecule has 1 amide bonds. The summed E-state index contributed by atoms with van der Waals surface area (Å²) in [6.45, 7) is 1.70. The summed E-state index contributed by atoms with van der Waals surface area (Å²) in [6.07, 6.45) is 12.6. The molecule has 5 aliphatic rings. The van der Waals surface area contributed by atoms with Crippen LogP contribution >= 0.6 is 0 Å². The molecule has 0 radical (unpaired) electrons. The van der Waals surface area contributed by atoms with Gasteiger partial charge in [-0.15, -0.1) is 0 Å². The van der Waals surface area contributed by atoms with Crippen molar-refractivity contribution in [3.8, 4) is 11.8 Å². The number of carbonyl (C=O) groups excluding carboxylic acids is 1. The van der Waals surface area contributed by atoms with Gasteiger partial charge in [0.15, 0.2) is 11.8 Å². The van der Waals surface area contributed by atoms with Gasteiger partial charge in [-0.1, -0.05) is 31.4 Å². The molecule has 26 heavy (non-hydrogen) atoms. The van der Waals surface area contributed by atoms with Crippen LogP contribution in [0.5, 0.6) is 11.8 Å². The van der Waals surface area contributed by atoms with Crippen LogP contribution < -0.4 is 0 Å². The highest BCUT2D eigenvalue weighted by molar-refractivity contribution is 5.77. The van der Waals surface area contributed by atoms with Gasteiger partial charge in [-0.05, 0) is 37.5 Å². The summed E-state index contributed by atoms with van der Waals surface area (Å²) in [4.78, 5) is 14.9. The lowest BCUT2D eigenvalue weighted by Crippen LogP contribution is -2.45. The summed E-state index contributed by atoms with van der Waals surface area (Å²) < 4.78 is 1.44. The van der Waals surface area contributed by atoms with Crippen molar-refractivity contribution in [2.45, 2.75) is 63.3 Å². The zero-order chi connectivity index (χ0) is 17.8. The van der Waals surface area contributed by atoms with E-state index in [-0.39, 0.29) is 36.0 Å². The SMILES string of the molecule is O=C(Cn1c(O)c2c(c1O)C1C=CC2CC1)N1CCC2CCCCC2C1. The largest absolute Gasteiger partial charge is 0.494 e. The highest BCUT2D eigenvalue weighted by atomic mass is 16.3. The summed E-state index contributed by atoms with van der Waals surface area (Å²) in [5.74, 6) is 1.99. The number of hydrogen-bond acceptors (Lipinski definition) is 3. The summed E-state index contributed by atoms with van der Waals surface area (Å²) in [7, 11) is 0. The Bertz CT molecular complexity index is 728. The van der Waals surface area contributed by atoms with Crippen molar-refractivity contribution in [2.24, 2.45) is 11.8 Å². The summed E-state index contributed by atoms with van der Waals surface area (Å²) in [5.41, 5.74) is 1.69. The van der Waals surface area contributed by atoms with E-state index in [1.54, 1.807) is 0 Å². The van der Waals surface area contributed by atoms with E-state index in [2.05, 4.69) is 12.2 Å². The van der Waals surface area contributed by atoms with Crippen LogP contribution in [-0.4, -0.2) is 38.7 Å². The molecule has 0 aromatic carbocycles. The van der Waals surface area contributed by atoms with Crippen molar-refractivity contribution in [3.05, 3.63) is 23.3 Å². The van der Waals surface area contributed by atoms with Crippen molar-refractivity contribution >= 4 is 5.91 Å². The average Bonchev–Trinajstić information content (AvgIpc) is 2.95. The minimum absolute atomic E-state index is 0.0206. The second kappa shape index (κ2) is 6.07. The van der Waals surface area contributed by atoms with Crippen LogP contribution in [0.4, 0.5) is 0 Å². The fraction of sp³-hybridized carbons (Fsp3) is 0.667. The predicted octanol–water partition coefficient (Wildman–Crippen LogP) is 3.47. The molecule has 1 aromatic heterocycles. The van der Waals surface area contributed by atoms with E-state index in [9.17, 15) is 15.0 Å². The number of aromatic hydroxyl groups is 2. The van der Waals surface area contributed by atoms with Crippen LogP contribution in [0.1, 0.15) is 67.9 Å². The van der Waals surface area contributed by atoms with Crippen LogP contribution in [0.25, 0.3) is 0 Å². The van der Waals surface area contributed by atoms with Gasteiger partial charge in [-0.3, -0.25) is 9.36 Å². The molecule has 1 saturated carbocycles. The van der Waals surface area contributed by atoms with Gasteiger partial charge in [0.25, 0.3) is 0 Å². The van der Waals surface area contributed by atoms with Crippen LogP contribution in [0.15, 0.2) is 12.2 Å². The Balaban J connectivity index is 1.36. The number of amides is 1. The van der Waals surface area contributed by atoms with Crippen LogP contribution in [-0.2, 0) is 11.3 Å². The maximum Gasteiger partial charge on any atom is 0.242 e. The third-order valence-corrected chi connectivity index (χ3v) is 7.33. The third-order valence-electron chi connectivity index (χ3n) is 7.33. The second-order valence-electron chi connectivity index (χ2n) is 8.67. The number of allylic oxidation sites excluding steroid dienone is 2. The minimum Gasteiger partial charge on any atom is -0.494 e. The molecule has 1 aromatic rings. The quantitative estimate of drug-likeness (QED) is 0.798. The monoisotopic (exact) mass is 356 g/mol. The molecular weight excluding hydrogens is 328 g/mol. The molecule has 2 fully saturated rings. The van der Waals surface area contributed by atoms with E-state index in [1.807, 2.05) is 4.90 Å². The van der Waals surface area contributed by atoms with Crippen LogP contribution in [0, 0.1) is 11.8 Å². The molecule has 140 valence electrons. The number of likely N-dealkylation sites (tertiary alicyclic amines) is 1. The van der Waals surface area contributed by atoms with E-state index in [1.165, 1.54) is 30.3 Å². The van der Waals surface area contributed by atoms with E-state index in [4.69, 9.17) is 0 Å². The molecule has 2 bridgehead atoms. The summed E-state index contributed by atoms with van der Waals surface area (Å²) in [6, 6.07) is 0. The molecule has 4 atom stereocenters. The number of fused-ring (bicyclic) bond motifs is 2. The van der Waals surface area contributed by atoms with Gasteiger partial charge in [0, 0.05) is 36.1 Å². The summed E-state index contributed by atoms with van der Waals surface area (Å²) >= 11 is 0. The molecule has 5 nitrogen and oxygen atoms in total. The Morgan fingerprint density at radius 3 is 2.15 bits per heavy atom. The zero-order valence-corrected chi connectivity index (χ0v) is 15.2. The molecular formula is C21H28N2O3. The normalized spacial score (nSPS) is 32.4. The van der Waals surface area contributed by atoms with Gasteiger partial charge in [0.05, 0.1) is 0 Å². The maximum absolute atomic E-state index is 12.9. The van der Waals surface area contributed by atoms with E-state index < -0.39 is 0 Å². The predicted molar refractivity (Wildman–Crippen MR) is 98.3 cm³/mol. The number of rotatable bonds is 2. The van der Waals surface area contributed by atoms with Gasteiger partial charge < -0.3 is 15.1 Å². The number of aromatic nitrogens is 1. The van der Waals surface area contributed by atoms with Gasteiger partial charge in [0.2, 0.25) is 5.91 Å². The first kappa shape index (κ1) is 16.3. The first-order chi connectivity index (χ1) is 12.6. The van der Waals surface area contributed by atoms with Crippen molar-refractivity contribution in [2.75, 3.05) is 13.1 Å². The second-order valence-corrected chi connectivity index (χ2v) is 8.67. The topological polar surface area (TPSA) is 65.7 Å². The molecule has 5 heteroatoms. The lowest BCUT2D eigenvalue weighted by molar-refractivity contribution is -0.135. The van der Waals surface area contributed by atoms with Gasteiger partial charge in [-0.2, -0.15) is 0 Å². The Kier molecular flexibility index (Phi) is 3.80. The van der Waals surface area contributed by atoms with E-state index >= 15 is 0 Å². The molecule has 0 spiro atoms. The Hall–Kier alpha value is -1.91. The number of nitrogens with zero attached hydrogens (tertiary/aromatic N) is 2. The van der Waals surface area contributed by atoms with Crippen molar-refractivity contribution in [1.29, 1.82) is 0 Å². The highest BCUT2D eigenvalue weighted by Gasteiger charge is 2.39. The van der Waals surface area contributed by atoms with Gasteiger partial charge >= 0.3 is 0 Å². The maximum atomic E-state index is 12.9. The van der Waals surface area contributed by atoms with Gasteiger partial charge in [-0.25, -0.2) is 0 Å². The summed E-state index contributed by atoms with van der Waals surface area (Å²) in [5, 5.41) is 21.4. The number of carbonyl (C=O) groups is 1. The van der Waals surface area contributed by atoms with Gasteiger partial charge in [0.1, 0.15) is 6.54 Å². The molecule has 2 heterocycles. The minimum atomic E-state index is 0.0206. The fourth-order valence-corrected chi connectivity index (χ4v) is 5.88. The Morgan fingerprint density at radius 1 is 0.923 bits per heavy atom. The molecule has 1 saturated heterocycles. The van der Waals surface area contributed by atoms with E-state index in [0.29, 0.717) is 5.92 Å². The average molecular weight is 356 g/mol. The number of piperidine rings is 1. The fourth-order valence-electron chi connectivity index (χ4n) is 5.88. The van der Waals surface area contributed by atoms with Crippen LogP contribution in [0.2, 0.25) is 0 Å². The van der Waals surface area contributed by atoms with Crippen molar-refractivity contribution in [3.63, 3.8) is 0 Å².